The number of hydrogen-bond donors (Lipinski definition) is 0. The lowest BCUT2D eigenvalue weighted by Gasteiger charge is -2.12. The molecule has 1 rings (SSSR count). The van der Waals surface area contributed by atoms with Gasteiger partial charge >= 0.3 is 0 Å². The Bertz CT molecular complexity index is 364. The number of unbranched alkanes of at least 4 members (excludes halogenated alkanes) is 9. The van der Waals surface area contributed by atoms with Crippen molar-refractivity contribution >= 4 is 27.0 Å². The molecule has 2 heteroatoms. The maximum atomic E-state index is 6.54. The van der Waals surface area contributed by atoms with Gasteiger partial charge in [0, 0.05) is 10.2 Å². The normalized spacial score (nSPS) is 12.7. The zero-order chi connectivity index (χ0) is 15.3. The van der Waals surface area contributed by atoms with E-state index in [-0.39, 0.29) is 5.38 Å². The molecule has 0 spiro atoms. The van der Waals surface area contributed by atoms with Crippen molar-refractivity contribution in [1.82, 2.24) is 0 Å². The van der Waals surface area contributed by atoms with Crippen LogP contribution in [0, 0.1) is 0 Å². The average Bonchev–Trinajstić information content (AvgIpc) is 2.49. The molecule has 1 aromatic rings. The largest absolute Gasteiger partial charge is 0.118 e. The lowest BCUT2D eigenvalue weighted by Crippen LogP contribution is -2.11. The molecule has 1 atom stereocenters. The maximum Gasteiger partial charge on any atom is 0.0583 e. The lowest BCUT2D eigenvalue weighted by molar-refractivity contribution is 0.548. The van der Waals surface area contributed by atoms with E-state index in [2.05, 4.69) is 31.2 Å². The van der Waals surface area contributed by atoms with Crippen LogP contribution in [0.3, 0.4) is 0 Å². The van der Waals surface area contributed by atoms with Gasteiger partial charge in [-0.15, -0.1) is 11.6 Å². The SMILES string of the molecule is CCCCCCCCCCCCC(Cl)c1ccccc1[SiH3]. The van der Waals surface area contributed by atoms with Crippen LogP contribution in [0.1, 0.15) is 88.5 Å². The quantitative estimate of drug-likeness (QED) is 0.279. The van der Waals surface area contributed by atoms with Crippen molar-refractivity contribution in [2.24, 2.45) is 0 Å². The van der Waals surface area contributed by atoms with Crippen molar-refractivity contribution in [1.29, 1.82) is 0 Å². The molecule has 0 aliphatic carbocycles. The highest BCUT2D eigenvalue weighted by Crippen LogP contribution is 2.25. The van der Waals surface area contributed by atoms with Crippen molar-refractivity contribution in [3.8, 4) is 0 Å². The van der Waals surface area contributed by atoms with Crippen molar-refractivity contribution in [2.45, 2.75) is 82.9 Å². The van der Waals surface area contributed by atoms with Gasteiger partial charge in [0.15, 0.2) is 0 Å². The molecule has 0 aromatic heterocycles. The zero-order valence-corrected chi connectivity index (χ0v) is 16.8. The van der Waals surface area contributed by atoms with E-state index in [0.717, 1.165) is 16.7 Å². The molecule has 0 N–H and O–H groups in total. The predicted octanol–water partition coefficient (Wildman–Crippen LogP) is 5.27. The van der Waals surface area contributed by atoms with Gasteiger partial charge in [-0.1, -0.05) is 101 Å². The van der Waals surface area contributed by atoms with Crippen molar-refractivity contribution in [3.05, 3.63) is 29.8 Å². The summed E-state index contributed by atoms with van der Waals surface area (Å²) >= 11 is 6.54. The first kappa shape index (κ1) is 18.8. The second kappa shape index (κ2) is 12.3. The molecule has 0 bridgehead atoms. The van der Waals surface area contributed by atoms with Crippen LogP contribution in [0.2, 0.25) is 0 Å². The number of hydrogen-bond acceptors (Lipinski definition) is 0. The fourth-order valence-corrected chi connectivity index (χ4v) is 4.19. The Hall–Kier alpha value is -0.273. The molecule has 0 amide bonds. The third-order valence-electron chi connectivity index (χ3n) is 4.34. The van der Waals surface area contributed by atoms with Gasteiger partial charge in [-0.25, -0.2) is 0 Å². The Balaban J connectivity index is 1.98. The molecular formula is C19H33ClSi. The van der Waals surface area contributed by atoms with Crippen LogP contribution in [0.15, 0.2) is 24.3 Å². The van der Waals surface area contributed by atoms with Gasteiger partial charge in [0.05, 0.1) is 5.38 Å². The van der Waals surface area contributed by atoms with E-state index in [1.165, 1.54) is 75.0 Å². The molecule has 0 saturated carbocycles. The standard InChI is InChI=1S/C19H33ClSi/c1-2-3-4-5-6-7-8-9-10-11-15-18(20)17-14-12-13-16-19(17)21/h12-14,16,18H,2-11,15H2,1,21H3. The molecule has 0 nitrogen and oxygen atoms in total. The summed E-state index contributed by atoms with van der Waals surface area (Å²) in [6.07, 6.45) is 15.1. The highest BCUT2D eigenvalue weighted by molar-refractivity contribution is 6.34. The highest BCUT2D eigenvalue weighted by atomic mass is 35.5. The molecule has 0 saturated heterocycles. The van der Waals surface area contributed by atoms with E-state index in [4.69, 9.17) is 11.6 Å². The number of halogens is 1. The van der Waals surface area contributed by atoms with E-state index >= 15 is 0 Å². The van der Waals surface area contributed by atoms with Crippen LogP contribution in [0.5, 0.6) is 0 Å². The third kappa shape index (κ3) is 8.68. The van der Waals surface area contributed by atoms with Crippen LogP contribution < -0.4 is 5.19 Å². The molecule has 1 aromatic carbocycles. The number of benzene rings is 1. The Morgan fingerprint density at radius 3 is 1.95 bits per heavy atom. The topological polar surface area (TPSA) is 0 Å². The second-order valence-corrected chi connectivity index (χ2v) is 7.90. The van der Waals surface area contributed by atoms with Crippen molar-refractivity contribution in [2.75, 3.05) is 0 Å². The minimum Gasteiger partial charge on any atom is -0.118 e. The third-order valence-corrected chi connectivity index (χ3v) is 5.70. The summed E-state index contributed by atoms with van der Waals surface area (Å²) in [5, 5.41) is 1.69. The van der Waals surface area contributed by atoms with E-state index < -0.39 is 0 Å². The van der Waals surface area contributed by atoms with Crippen LogP contribution in [-0.2, 0) is 0 Å². The van der Waals surface area contributed by atoms with E-state index in [1.54, 1.807) is 0 Å². The fraction of sp³-hybridized carbons (Fsp3) is 0.684. The number of rotatable bonds is 12. The fourth-order valence-electron chi connectivity index (χ4n) is 2.90. The van der Waals surface area contributed by atoms with Gasteiger partial charge in [0.25, 0.3) is 0 Å². The van der Waals surface area contributed by atoms with Crippen molar-refractivity contribution < 1.29 is 0 Å². The van der Waals surface area contributed by atoms with Crippen LogP contribution in [-0.4, -0.2) is 10.2 Å². The lowest BCUT2D eigenvalue weighted by atomic mass is 10.0. The number of alkyl halides is 1. The molecule has 1 unspecified atom stereocenters. The minimum absolute atomic E-state index is 0.229. The monoisotopic (exact) mass is 324 g/mol. The molecule has 0 heterocycles. The first-order valence-corrected chi connectivity index (χ1v) is 10.4. The molecule has 21 heavy (non-hydrogen) atoms. The summed E-state index contributed by atoms with van der Waals surface area (Å²) in [5.41, 5.74) is 1.38. The van der Waals surface area contributed by atoms with Crippen LogP contribution in [0.4, 0.5) is 0 Å². The summed E-state index contributed by atoms with van der Waals surface area (Å²) in [6, 6.07) is 8.66. The Morgan fingerprint density at radius 2 is 1.38 bits per heavy atom. The first-order valence-electron chi connectivity index (χ1n) is 8.95. The zero-order valence-electron chi connectivity index (χ0n) is 14.0. The first-order chi connectivity index (χ1) is 10.3. The van der Waals surface area contributed by atoms with Gasteiger partial charge in [-0.05, 0) is 12.0 Å². The molecule has 0 aliphatic rings. The van der Waals surface area contributed by atoms with Gasteiger partial charge in [-0.2, -0.15) is 0 Å². The maximum absolute atomic E-state index is 6.54. The summed E-state index contributed by atoms with van der Waals surface area (Å²) in [5.74, 6) is 0. The van der Waals surface area contributed by atoms with E-state index in [1.807, 2.05) is 0 Å². The summed E-state index contributed by atoms with van der Waals surface area (Å²) < 4.78 is 0. The van der Waals surface area contributed by atoms with Crippen LogP contribution >= 0.6 is 11.6 Å². The minimum atomic E-state index is 0.229. The van der Waals surface area contributed by atoms with Gasteiger partial charge in [0.2, 0.25) is 0 Å². The average molecular weight is 325 g/mol. The molecule has 0 aliphatic heterocycles. The van der Waals surface area contributed by atoms with E-state index in [9.17, 15) is 0 Å². The van der Waals surface area contributed by atoms with Gasteiger partial charge in [0.1, 0.15) is 0 Å². The molecular weight excluding hydrogens is 292 g/mol. The summed E-state index contributed by atoms with van der Waals surface area (Å²) in [4.78, 5) is 0. The summed E-state index contributed by atoms with van der Waals surface area (Å²) in [7, 11) is 1.10. The van der Waals surface area contributed by atoms with Gasteiger partial charge < -0.3 is 0 Å². The molecule has 0 radical (unpaired) electrons. The molecule has 120 valence electrons. The second-order valence-electron chi connectivity index (χ2n) is 6.29. The Labute approximate surface area is 140 Å². The van der Waals surface area contributed by atoms with Crippen LogP contribution in [0.25, 0.3) is 0 Å². The van der Waals surface area contributed by atoms with Crippen molar-refractivity contribution in [3.63, 3.8) is 0 Å². The summed E-state index contributed by atoms with van der Waals surface area (Å²) in [6.45, 7) is 2.28. The van der Waals surface area contributed by atoms with Gasteiger partial charge in [-0.3, -0.25) is 0 Å². The predicted molar refractivity (Wildman–Crippen MR) is 101 cm³/mol. The highest BCUT2D eigenvalue weighted by Gasteiger charge is 2.09. The smallest absolute Gasteiger partial charge is 0.0583 e. The molecule has 0 fully saturated rings. The Kier molecular flexibility index (Phi) is 11.0. The van der Waals surface area contributed by atoms with E-state index in [0.29, 0.717) is 0 Å². The Morgan fingerprint density at radius 1 is 0.857 bits per heavy atom.